The van der Waals surface area contributed by atoms with Crippen molar-refractivity contribution < 1.29 is 4.79 Å². The summed E-state index contributed by atoms with van der Waals surface area (Å²) < 4.78 is 0. The van der Waals surface area contributed by atoms with E-state index in [0.717, 1.165) is 48.3 Å². The number of benzene rings is 1. The van der Waals surface area contributed by atoms with Crippen molar-refractivity contribution in [2.75, 3.05) is 18.4 Å². The minimum Gasteiger partial charge on any atom is -0.320 e. The van der Waals surface area contributed by atoms with Gasteiger partial charge in [-0.05, 0) is 61.6 Å². The van der Waals surface area contributed by atoms with E-state index in [9.17, 15) is 4.79 Å². The lowest BCUT2D eigenvalue weighted by Crippen LogP contribution is -2.40. The molecule has 2 amide bonds. The van der Waals surface area contributed by atoms with Crippen LogP contribution in [0.15, 0.2) is 65.9 Å². The Kier molecular flexibility index (Phi) is 4.57. The number of carbonyl (C=O) groups excluding carboxylic acids is 1. The largest absolute Gasteiger partial charge is 0.322 e. The Bertz CT molecular complexity index is 884. The van der Waals surface area contributed by atoms with Crippen LogP contribution in [0.25, 0.3) is 11.3 Å². The van der Waals surface area contributed by atoms with Crippen molar-refractivity contribution in [1.29, 1.82) is 0 Å². The number of anilines is 1. The van der Waals surface area contributed by atoms with Gasteiger partial charge in [-0.25, -0.2) is 4.79 Å². The van der Waals surface area contributed by atoms with E-state index < -0.39 is 0 Å². The highest BCUT2D eigenvalue weighted by atomic mass is 16.2. The van der Waals surface area contributed by atoms with Crippen molar-refractivity contribution >= 4 is 11.7 Å². The van der Waals surface area contributed by atoms with Crippen LogP contribution in [0.3, 0.4) is 0 Å². The quantitative estimate of drug-likeness (QED) is 0.838. The molecule has 2 heterocycles. The van der Waals surface area contributed by atoms with Gasteiger partial charge in [-0.3, -0.25) is 4.98 Å². The average molecular weight is 345 g/mol. The first kappa shape index (κ1) is 16.6. The highest BCUT2D eigenvalue weighted by molar-refractivity contribution is 5.90. The summed E-state index contributed by atoms with van der Waals surface area (Å²) in [6.07, 6.45) is 9.44. The number of aromatic nitrogens is 1. The number of hydrogen-bond acceptors (Lipinski definition) is 2. The summed E-state index contributed by atoms with van der Waals surface area (Å²) in [6.45, 7) is 3.55. The normalized spacial score (nSPS) is 16.4. The standard InChI is InChI=1S/C22H23N3O/c1-16-9-10-19(14-20(16)21-8-4-5-12-23-21)24-22(26)25-13-11-17-6-2-3-7-18(17)15-25/h3-5,7-10,12,14H,2,6,11,13,15H2,1H3,(H,24,26). The third-order valence-corrected chi connectivity index (χ3v) is 5.15. The van der Waals surface area contributed by atoms with E-state index >= 15 is 0 Å². The van der Waals surface area contributed by atoms with Gasteiger partial charge in [0.05, 0.1) is 5.69 Å². The number of nitrogens with one attached hydrogen (secondary N) is 1. The Labute approximate surface area is 154 Å². The summed E-state index contributed by atoms with van der Waals surface area (Å²) in [5.41, 5.74) is 6.74. The van der Waals surface area contributed by atoms with Crippen molar-refractivity contribution in [3.63, 3.8) is 0 Å². The monoisotopic (exact) mass is 345 g/mol. The maximum Gasteiger partial charge on any atom is 0.322 e. The summed E-state index contributed by atoms with van der Waals surface area (Å²) in [5.74, 6) is 0. The summed E-state index contributed by atoms with van der Waals surface area (Å²) >= 11 is 0. The van der Waals surface area contributed by atoms with E-state index in [1.807, 2.05) is 41.3 Å². The number of nitrogens with zero attached hydrogens (tertiary/aromatic N) is 2. The van der Waals surface area contributed by atoms with Gasteiger partial charge in [0.15, 0.2) is 0 Å². The fourth-order valence-electron chi connectivity index (χ4n) is 3.64. The van der Waals surface area contributed by atoms with Crippen LogP contribution in [0.4, 0.5) is 10.5 Å². The molecule has 0 unspecified atom stereocenters. The molecular formula is C22H23N3O. The molecule has 4 rings (SSSR count). The molecule has 1 aliphatic carbocycles. The number of carbonyl (C=O) groups is 1. The van der Waals surface area contributed by atoms with Gasteiger partial charge in [-0.1, -0.05) is 29.9 Å². The molecule has 26 heavy (non-hydrogen) atoms. The number of rotatable bonds is 2. The Morgan fingerprint density at radius 1 is 1.19 bits per heavy atom. The van der Waals surface area contributed by atoms with Crippen LogP contribution in [0, 0.1) is 6.92 Å². The van der Waals surface area contributed by atoms with Gasteiger partial charge < -0.3 is 10.2 Å². The zero-order chi connectivity index (χ0) is 17.9. The summed E-state index contributed by atoms with van der Waals surface area (Å²) in [5, 5.41) is 3.06. The average Bonchev–Trinajstić information content (AvgIpc) is 2.69. The van der Waals surface area contributed by atoms with Gasteiger partial charge in [-0.2, -0.15) is 0 Å². The number of allylic oxidation sites excluding steroid dienone is 1. The predicted octanol–water partition coefficient (Wildman–Crippen LogP) is 4.94. The Morgan fingerprint density at radius 2 is 2.12 bits per heavy atom. The van der Waals surface area contributed by atoms with E-state index in [4.69, 9.17) is 0 Å². The lowest BCUT2D eigenvalue weighted by atomic mass is 9.92. The van der Waals surface area contributed by atoms with Gasteiger partial charge in [-0.15, -0.1) is 0 Å². The lowest BCUT2D eigenvalue weighted by Gasteiger charge is -2.31. The fourth-order valence-corrected chi connectivity index (χ4v) is 3.64. The Hall–Kier alpha value is -2.88. The number of amides is 2. The lowest BCUT2D eigenvalue weighted by molar-refractivity contribution is 0.214. The minimum atomic E-state index is -0.0358. The third-order valence-electron chi connectivity index (χ3n) is 5.15. The molecule has 132 valence electrons. The molecule has 2 aromatic rings. The van der Waals surface area contributed by atoms with Crippen LogP contribution in [0.5, 0.6) is 0 Å². The first-order valence-electron chi connectivity index (χ1n) is 9.16. The maximum absolute atomic E-state index is 12.7. The molecule has 1 aliphatic heterocycles. The fraction of sp³-hybridized carbons (Fsp3) is 0.273. The molecule has 4 heteroatoms. The second-order valence-corrected chi connectivity index (χ2v) is 6.92. The molecule has 1 aromatic carbocycles. The number of pyridine rings is 1. The Balaban J connectivity index is 1.50. The molecule has 1 aromatic heterocycles. The predicted molar refractivity (Wildman–Crippen MR) is 105 cm³/mol. The molecule has 0 saturated carbocycles. The smallest absolute Gasteiger partial charge is 0.320 e. The van der Waals surface area contributed by atoms with Crippen LogP contribution in [-0.2, 0) is 0 Å². The molecule has 0 spiro atoms. The molecule has 1 N–H and O–H groups in total. The first-order chi connectivity index (χ1) is 12.7. The zero-order valence-corrected chi connectivity index (χ0v) is 15.0. The van der Waals surface area contributed by atoms with Crippen molar-refractivity contribution in [1.82, 2.24) is 9.88 Å². The van der Waals surface area contributed by atoms with Crippen LogP contribution >= 0.6 is 0 Å². The second kappa shape index (κ2) is 7.16. The molecular weight excluding hydrogens is 322 g/mol. The molecule has 0 saturated heterocycles. The summed E-state index contributed by atoms with van der Waals surface area (Å²) in [4.78, 5) is 19.1. The zero-order valence-electron chi connectivity index (χ0n) is 15.0. The van der Waals surface area contributed by atoms with Crippen molar-refractivity contribution in [2.45, 2.75) is 26.2 Å². The van der Waals surface area contributed by atoms with Crippen LogP contribution in [-0.4, -0.2) is 29.0 Å². The SMILES string of the molecule is Cc1ccc(NC(=O)N2CCC3=C(C=CCC3)C2)cc1-c1ccccn1. The van der Waals surface area contributed by atoms with E-state index in [1.54, 1.807) is 6.20 Å². The van der Waals surface area contributed by atoms with Crippen LogP contribution < -0.4 is 5.32 Å². The summed E-state index contributed by atoms with van der Waals surface area (Å²) in [6, 6.07) is 11.8. The van der Waals surface area contributed by atoms with Crippen LogP contribution in [0.2, 0.25) is 0 Å². The molecule has 2 aliphatic rings. The molecule has 0 bridgehead atoms. The maximum atomic E-state index is 12.7. The topological polar surface area (TPSA) is 45.2 Å². The van der Waals surface area contributed by atoms with E-state index in [-0.39, 0.29) is 6.03 Å². The van der Waals surface area contributed by atoms with Gasteiger partial charge in [0.2, 0.25) is 0 Å². The van der Waals surface area contributed by atoms with Gasteiger partial charge in [0.1, 0.15) is 0 Å². The van der Waals surface area contributed by atoms with Gasteiger partial charge >= 0.3 is 6.03 Å². The van der Waals surface area contributed by atoms with Crippen molar-refractivity contribution in [3.8, 4) is 11.3 Å². The number of urea groups is 1. The third kappa shape index (κ3) is 3.40. The number of hydrogen-bond donors (Lipinski definition) is 1. The Morgan fingerprint density at radius 3 is 2.96 bits per heavy atom. The second-order valence-electron chi connectivity index (χ2n) is 6.92. The first-order valence-corrected chi connectivity index (χ1v) is 9.16. The summed E-state index contributed by atoms with van der Waals surface area (Å²) in [7, 11) is 0. The van der Waals surface area contributed by atoms with Gasteiger partial charge in [0, 0.05) is 30.5 Å². The van der Waals surface area contributed by atoms with Crippen molar-refractivity contribution in [3.05, 3.63) is 71.5 Å². The highest BCUT2D eigenvalue weighted by Gasteiger charge is 2.22. The van der Waals surface area contributed by atoms with E-state index in [0.29, 0.717) is 6.54 Å². The van der Waals surface area contributed by atoms with E-state index in [1.165, 1.54) is 11.1 Å². The van der Waals surface area contributed by atoms with Gasteiger partial charge in [0.25, 0.3) is 0 Å². The highest BCUT2D eigenvalue weighted by Crippen LogP contribution is 2.28. The molecule has 0 atom stereocenters. The van der Waals surface area contributed by atoms with Crippen LogP contribution in [0.1, 0.15) is 24.8 Å². The van der Waals surface area contributed by atoms with E-state index in [2.05, 4.69) is 29.4 Å². The molecule has 0 fully saturated rings. The number of aryl methyl sites for hydroxylation is 1. The molecule has 4 nitrogen and oxygen atoms in total. The minimum absolute atomic E-state index is 0.0358. The van der Waals surface area contributed by atoms with Crippen molar-refractivity contribution in [2.24, 2.45) is 0 Å². The molecule has 0 radical (unpaired) electrons.